The first-order valence-corrected chi connectivity index (χ1v) is 10.0. The van der Waals surface area contributed by atoms with Gasteiger partial charge in [0, 0.05) is 0 Å². The molecular weight excluding hydrogens is 375 g/mol. The van der Waals surface area contributed by atoms with E-state index >= 15 is 0 Å². The lowest BCUT2D eigenvalue weighted by Gasteiger charge is -2.26. The van der Waals surface area contributed by atoms with Crippen LogP contribution in [0, 0.1) is 0 Å². The zero-order valence-electron chi connectivity index (χ0n) is 16.6. The van der Waals surface area contributed by atoms with E-state index in [4.69, 9.17) is 9.47 Å². The second kappa shape index (κ2) is 10.3. The molecular formula is C23H29FO5. The van der Waals surface area contributed by atoms with Gasteiger partial charge in [0.05, 0.1) is 26.4 Å². The van der Waals surface area contributed by atoms with Crippen molar-refractivity contribution in [1.82, 2.24) is 0 Å². The monoisotopic (exact) mass is 404 g/mol. The molecule has 1 heterocycles. The average molecular weight is 404 g/mol. The van der Waals surface area contributed by atoms with Gasteiger partial charge in [0.1, 0.15) is 18.3 Å². The summed E-state index contributed by atoms with van der Waals surface area (Å²) in [5.74, 6) is 0. The van der Waals surface area contributed by atoms with E-state index in [2.05, 4.69) is 31.2 Å². The van der Waals surface area contributed by atoms with Crippen molar-refractivity contribution >= 4 is 0 Å². The molecule has 0 saturated heterocycles. The van der Waals surface area contributed by atoms with Crippen molar-refractivity contribution in [2.45, 2.75) is 57.5 Å². The van der Waals surface area contributed by atoms with Crippen molar-refractivity contribution in [3.05, 3.63) is 70.3 Å². The molecule has 1 aliphatic rings. The van der Waals surface area contributed by atoms with Crippen LogP contribution >= 0.6 is 0 Å². The van der Waals surface area contributed by atoms with E-state index in [-0.39, 0.29) is 19.8 Å². The van der Waals surface area contributed by atoms with Crippen LogP contribution < -0.4 is 0 Å². The Morgan fingerprint density at radius 2 is 1.66 bits per heavy atom. The van der Waals surface area contributed by atoms with Crippen LogP contribution in [0.15, 0.2) is 42.5 Å². The molecule has 6 heteroatoms. The Hall–Kier alpha value is -1.83. The SMILES string of the molecule is CCc1ccc(Cc2ccc3c(c2)COC(CO)C(F)C(O)C(O)COC3)cc1. The summed E-state index contributed by atoms with van der Waals surface area (Å²) in [6.45, 7) is 1.62. The molecule has 29 heavy (non-hydrogen) atoms. The fraction of sp³-hybridized carbons (Fsp3) is 0.478. The third-order valence-electron chi connectivity index (χ3n) is 5.36. The molecule has 4 atom stereocenters. The van der Waals surface area contributed by atoms with Crippen LogP contribution in [0.1, 0.15) is 34.7 Å². The van der Waals surface area contributed by atoms with Crippen molar-refractivity contribution in [2.24, 2.45) is 0 Å². The summed E-state index contributed by atoms with van der Waals surface area (Å²) in [6.07, 6.45) is -4.47. The van der Waals surface area contributed by atoms with Gasteiger partial charge in [-0.25, -0.2) is 4.39 Å². The zero-order valence-corrected chi connectivity index (χ0v) is 16.6. The highest BCUT2D eigenvalue weighted by Gasteiger charge is 2.34. The van der Waals surface area contributed by atoms with Crippen molar-refractivity contribution in [3.63, 3.8) is 0 Å². The molecule has 1 aliphatic heterocycles. The summed E-state index contributed by atoms with van der Waals surface area (Å²) in [5, 5.41) is 29.3. The second-order valence-corrected chi connectivity index (χ2v) is 7.50. The zero-order chi connectivity index (χ0) is 20.8. The Morgan fingerprint density at radius 1 is 0.966 bits per heavy atom. The summed E-state index contributed by atoms with van der Waals surface area (Å²) in [6, 6.07) is 14.4. The van der Waals surface area contributed by atoms with Crippen LogP contribution in [0.5, 0.6) is 0 Å². The number of aliphatic hydroxyl groups is 3. The van der Waals surface area contributed by atoms with E-state index in [1.54, 1.807) is 0 Å². The van der Waals surface area contributed by atoms with Crippen LogP contribution in [0.25, 0.3) is 0 Å². The van der Waals surface area contributed by atoms with Gasteiger partial charge in [0.2, 0.25) is 0 Å². The first-order chi connectivity index (χ1) is 14.0. The van der Waals surface area contributed by atoms with Gasteiger partial charge in [-0.2, -0.15) is 0 Å². The number of fused-ring (bicyclic) bond motifs is 1. The van der Waals surface area contributed by atoms with Gasteiger partial charge >= 0.3 is 0 Å². The Morgan fingerprint density at radius 3 is 2.34 bits per heavy atom. The highest BCUT2D eigenvalue weighted by atomic mass is 19.1. The lowest BCUT2D eigenvalue weighted by atomic mass is 9.98. The smallest absolute Gasteiger partial charge is 0.157 e. The van der Waals surface area contributed by atoms with Gasteiger partial charge in [-0.15, -0.1) is 0 Å². The fourth-order valence-electron chi connectivity index (χ4n) is 3.46. The Kier molecular flexibility index (Phi) is 7.75. The summed E-state index contributed by atoms with van der Waals surface area (Å²) >= 11 is 0. The van der Waals surface area contributed by atoms with Gasteiger partial charge < -0.3 is 24.8 Å². The first-order valence-electron chi connectivity index (χ1n) is 10.0. The summed E-state index contributed by atoms with van der Waals surface area (Å²) in [4.78, 5) is 0. The molecule has 0 aromatic heterocycles. The van der Waals surface area contributed by atoms with Crippen LogP contribution in [0.3, 0.4) is 0 Å². The summed E-state index contributed by atoms with van der Waals surface area (Å²) in [7, 11) is 0. The van der Waals surface area contributed by atoms with E-state index in [1.807, 2.05) is 18.2 Å². The Balaban J connectivity index is 1.80. The van der Waals surface area contributed by atoms with E-state index < -0.39 is 31.1 Å². The van der Waals surface area contributed by atoms with Gasteiger partial charge in [-0.05, 0) is 40.7 Å². The fourth-order valence-corrected chi connectivity index (χ4v) is 3.46. The predicted molar refractivity (Wildman–Crippen MR) is 107 cm³/mol. The second-order valence-electron chi connectivity index (χ2n) is 7.50. The highest BCUT2D eigenvalue weighted by Crippen LogP contribution is 2.22. The molecule has 3 rings (SSSR count). The number of aliphatic hydroxyl groups excluding tert-OH is 3. The maximum atomic E-state index is 14.4. The third-order valence-corrected chi connectivity index (χ3v) is 5.36. The molecule has 2 aromatic rings. The summed E-state index contributed by atoms with van der Waals surface area (Å²) in [5.41, 5.74) is 5.28. The topological polar surface area (TPSA) is 79.2 Å². The van der Waals surface area contributed by atoms with E-state index in [1.165, 1.54) is 11.1 Å². The van der Waals surface area contributed by atoms with Gasteiger partial charge in [0.25, 0.3) is 0 Å². The maximum absolute atomic E-state index is 14.4. The lowest BCUT2D eigenvalue weighted by Crippen LogP contribution is -2.45. The molecule has 0 spiro atoms. The van der Waals surface area contributed by atoms with Crippen LogP contribution in [0.4, 0.5) is 4.39 Å². The van der Waals surface area contributed by atoms with Gasteiger partial charge in [0.15, 0.2) is 6.17 Å². The number of benzene rings is 2. The van der Waals surface area contributed by atoms with Crippen LogP contribution in [-0.4, -0.2) is 53.0 Å². The maximum Gasteiger partial charge on any atom is 0.157 e. The standard InChI is InChI=1S/C23H29FO5/c1-2-15-3-5-16(6-4-15)9-17-7-8-18-12-28-14-20(26)23(27)22(24)21(11-25)29-13-19(18)10-17/h3-8,10,20-23,25-27H,2,9,11-14H2,1H3. The number of alkyl halides is 1. The number of halogens is 1. The van der Waals surface area contributed by atoms with E-state index in [0.717, 1.165) is 29.5 Å². The van der Waals surface area contributed by atoms with Crippen molar-refractivity contribution in [1.29, 1.82) is 0 Å². The molecule has 2 aromatic carbocycles. The minimum atomic E-state index is -1.92. The van der Waals surface area contributed by atoms with E-state index in [0.29, 0.717) is 0 Å². The van der Waals surface area contributed by atoms with Crippen LogP contribution in [-0.2, 0) is 35.5 Å². The summed E-state index contributed by atoms with van der Waals surface area (Å²) < 4.78 is 25.5. The molecule has 0 aliphatic carbocycles. The first kappa shape index (κ1) is 21.9. The molecule has 0 bridgehead atoms. The Bertz CT molecular complexity index is 779. The molecule has 4 unspecified atom stereocenters. The molecule has 0 saturated carbocycles. The van der Waals surface area contributed by atoms with E-state index in [9.17, 15) is 19.7 Å². The van der Waals surface area contributed by atoms with Crippen molar-refractivity contribution in [2.75, 3.05) is 13.2 Å². The Labute approximate surface area is 170 Å². The number of hydrogen-bond donors (Lipinski definition) is 3. The third kappa shape index (κ3) is 5.62. The lowest BCUT2D eigenvalue weighted by molar-refractivity contribution is -0.121. The molecule has 0 fully saturated rings. The van der Waals surface area contributed by atoms with Crippen molar-refractivity contribution < 1.29 is 29.2 Å². The number of aryl methyl sites for hydroxylation is 1. The largest absolute Gasteiger partial charge is 0.394 e. The average Bonchev–Trinajstić information content (AvgIpc) is 2.76. The molecule has 5 nitrogen and oxygen atoms in total. The minimum Gasteiger partial charge on any atom is -0.394 e. The van der Waals surface area contributed by atoms with Gasteiger partial charge in [-0.1, -0.05) is 49.4 Å². The number of hydrogen-bond acceptors (Lipinski definition) is 5. The minimum absolute atomic E-state index is 0.0791. The molecule has 0 radical (unpaired) electrons. The van der Waals surface area contributed by atoms with Gasteiger partial charge in [-0.3, -0.25) is 0 Å². The quantitative estimate of drug-likeness (QED) is 0.729. The highest BCUT2D eigenvalue weighted by molar-refractivity contribution is 5.35. The normalized spacial score (nSPS) is 25.8. The molecule has 0 amide bonds. The van der Waals surface area contributed by atoms with Crippen molar-refractivity contribution in [3.8, 4) is 0 Å². The number of rotatable bonds is 4. The molecule has 3 N–H and O–H groups in total. The molecule has 158 valence electrons. The van der Waals surface area contributed by atoms with Crippen LogP contribution in [0.2, 0.25) is 0 Å². The predicted octanol–water partition coefficient (Wildman–Crippen LogP) is 2.31. The number of ether oxygens (including phenoxy) is 2.